The average molecular weight is 276 g/mol. The number of rotatable bonds is 4. The number of thiazole rings is 1. The molecule has 2 aromatic rings. The second kappa shape index (κ2) is 6.10. The molecule has 1 aromatic heterocycles. The Morgan fingerprint density at radius 2 is 2.05 bits per heavy atom. The van der Waals surface area contributed by atoms with Crippen LogP contribution in [0.2, 0.25) is 0 Å². The Morgan fingerprint density at radius 3 is 2.74 bits per heavy atom. The highest BCUT2D eigenvalue weighted by Gasteiger charge is 2.14. The molecule has 1 N–H and O–H groups in total. The van der Waals surface area contributed by atoms with Crippen molar-refractivity contribution in [2.24, 2.45) is 0 Å². The first-order chi connectivity index (χ1) is 9.20. The highest BCUT2D eigenvalue weighted by atomic mass is 32.1. The first kappa shape index (κ1) is 13.2. The Labute approximate surface area is 114 Å². The van der Waals surface area contributed by atoms with Crippen molar-refractivity contribution in [1.29, 1.82) is 0 Å². The van der Waals surface area contributed by atoms with E-state index in [0.717, 1.165) is 10.6 Å². The first-order valence-electron chi connectivity index (χ1n) is 5.59. The summed E-state index contributed by atoms with van der Waals surface area (Å²) in [6, 6.07) is 9.55. The van der Waals surface area contributed by atoms with Gasteiger partial charge in [-0.1, -0.05) is 30.3 Å². The fraction of sp³-hybridized carbons (Fsp3) is 0.154. The van der Waals surface area contributed by atoms with E-state index < -0.39 is 5.97 Å². The third-order valence-corrected chi connectivity index (χ3v) is 3.24. The lowest BCUT2D eigenvalue weighted by molar-refractivity contribution is -0.123. The monoisotopic (exact) mass is 276 g/mol. The number of amides is 1. The molecule has 0 aliphatic heterocycles. The number of nitrogens with zero attached hydrogens (tertiary/aromatic N) is 1. The van der Waals surface area contributed by atoms with Crippen LogP contribution in [-0.4, -0.2) is 30.5 Å². The molecule has 1 heterocycles. The molecule has 0 saturated carbocycles. The molecule has 0 unspecified atom stereocenters. The van der Waals surface area contributed by atoms with E-state index >= 15 is 0 Å². The van der Waals surface area contributed by atoms with E-state index in [2.05, 4.69) is 10.3 Å². The van der Waals surface area contributed by atoms with Crippen LogP contribution in [0.1, 0.15) is 10.5 Å². The summed E-state index contributed by atoms with van der Waals surface area (Å²) in [5.74, 6) is -0.950. The Bertz CT molecular complexity index is 581. The van der Waals surface area contributed by atoms with Crippen LogP contribution < -0.4 is 5.32 Å². The summed E-state index contributed by atoms with van der Waals surface area (Å²) in [6.45, 7) is -0.298. The average Bonchev–Trinajstić information content (AvgIpc) is 2.95. The summed E-state index contributed by atoms with van der Waals surface area (Å²) in [5.41, 5.74) is 1.16. The van der Waals surface area contributed by atoms with Gasteiger partial charge in [0.1, 0.15) is 5.01 Å². The van der Waals surface area contributed by atoms with Crippen LogP contribution in [0.3, 0.4) is 0 Å². The maximum absolute atomic E-state index is 11.7. The van der Waals surface area contributed by atoms with Crippen LogP contribution in [0.5, 0.6) is 0 Å². The maximum Gasteiger partial charge on any atom is 0.358 e. The van der Waals surface area contributed by atoms with Crippen molar-refractivity contribution in [2.75, 3.05) is 13.7 Å². The van der Waals surface area contributed by atoms with Crippen LogP contribution in [0.15, 0.2) is 35.7 Å². The number of nitrogens with one attached hydrogen (secondary N) is 1. The Kier molecular flexibility index (Phi) is 4.25. The second-order valence-electron chi connectivity index (χ2n) is 3.65. The van der Waals surface area contributed by atoms with Gasteiger partial charge in [-0.2, -0.15) is 0 Å². The van der Waals surface area contributed by atoms with Gasteiger partial charge in [-0.15, -0.1) is 11.3 Å². The molecule has 98 valence electrons. The van der Waals surface area contributed by atoms with E-state index in [1.54, 1.807) is 5.38 Å². The van der Waals surface area contributed by atoms with E-state index in [0.29, 0.717) is 0 Å². The topological polar surface area (TPSA) is 68.3 Å². The van der Waals surface area contributed by atoms with Crippen LogP contribution in [-0.2, 0) is 9.53 Å². The molecule has 1 amide bonds. The second-order valence-corrected chi connectivity index (χ2v) is 4.51. The quantitative estimate of drug-likeness (QED) is 0.863. The number of carbonyl (C=O) groups is 2. The van der Waals surface area contributed by atoms with Crippen molar-refractivity contribution < 1.29 is 14.3 Å². The van der Waals surface area contributed by atoms with Crippen molar-refractivity contribution >= 4 is 23.2 Å². The molecule has 0 atom stereocenters. The Morgan fingerprint density at radius 1 is 1.32 bits per heavy atom. The maximum atomic E-state index is 11.7. The van der Waals surface area contributed by atoms with Gasteiger partial charge in [0.15, 0.2) is 12.3 Å². The van der Waals surface area contributed by atoms with Gasteiger partial charge in [0.2, 0.25) is 0 Å². The molecule has 0 aliphatic carbocycles. The fourth-order valence-electron chi connectivity index (χ4n) is 1.36. The summed E-state index contributed by atoms with van der Waals surface area (Å²) in [7, 11) is 1.48. The molecule has 0 spiro atoms. The van der Waals surface area contributed by atoms with Gasteiger partial charge < -0.3 is 10.1 Å². The largest absolute Gasteiger partial charge is 0.451 e. The molecule has 0 aliphatic rings. The van der Waals surface area contributed by atoms with E-state index in [1.807, 2.05) is 30.3 Å². The number of hydrogen-bond acceptors (Lipinski definition) is 5. The predicted molar refractivity (Wildman–Crippen MR) is 71.9 cm³/mol. The number of aromatic nitrogens is 1. The van der Waals surface area contributed by atoms with Crippen molar-refractivity contribution in [2.45, 2.75) is 0 Å². The minimum atomic E-state index is -0.595. The summed E-state index contributed by atoms with van der Waals surface area (Å²) < 4.78 is 4.82. The Balaban J connectivity index is 2.05. The molecular weight excluding hydrogens is 264 g/mol. The highest BCUT2D eigenvalue weighted by Crippen LogP contribution is 2.23. The number of benzene rings is 1. The third-order valence-electron chi connectivity index (χ3n) is 2.35. The van der Waals surface area contributed by atoms with E-state index in [9.17, 15) is 9.59 Å². The molecule has 6 heteroatoms. The summed E-state index contributed by atoms with van der Waals surface area (Å²) in [4.78, 5) is 26.8. The van der Waals surface area contributed by atoms with Gasteiger partial charge in [0.25, 0.3) is 5.91 Å². The highest BCUT2D eigenvalue weighted by molar-refractivity contribution is 7.13. The molecule has 0 saturated heterocycles. The van der Waals surface area contributed by atoms with E-state index in [4.69, 9.17) is 4.74 Å². The van der Waals surface area contributed by atoms with Crippen LogP contribution in [0.4, 0.5) is 0 Å². The van der Waals surface area contributed by atoms with Crippen LogP contribution in [0, 0.1) is 0 Å². The van der Waals surface area contributed by atoms with Gasteiger partial charge >= 0.3 is 5.97 Å². The van der Waals surface area contributed by atoms with Gasteiger partial charge in [0.05, 0.1) is 0 Å². The van der Waals surface area contributed by atoms with Crippen LogP contribution in [0.25, 0.3) is 10.6 Å². The predicted octanol–water partition coefficient (Wildman–Crippen LogP) is 1.71. The molecule has 1 aromatic carbocycles. The zero-order valence-corrected chi connectivity index (χ0v) is 11.1. The number of hydrogen-bond donors (Lipinski definition) is 1. The molecular formula is C13H12N2O3S. The lowest BCUT2D eigenvalue weighted by atomic mass is 10.2. The molecule has 0 fully saturated rings. The minimum Gasteiger partial charge on any atom is -0.451 e. The standard InChI is InChI=1S/C13H12N2O3S/c1-14-11(16)7-18-13(17)10-8-19-12(15-10)9-5-3-2-4-6-9/h2-6,8H,7H2,1H3,(H,14,16). The number of carbonyl (C=O) groups excluding carboxylic acids is 2. The summed E-state index contributed by atoms with van der Waals surface area (Å²) in [5, 5.41) is 4.73. The molecule has 5 nitrogen and oxygen atoms in total. The zero-order valence-electron chi connectivity index (χ0n) is 10.3. The van der Waals surface area contributed by atoms with Crippen LogP contribution >= 0.6 is 11.3 Å². The van der Waals surface area contributed by atoms with E-state index in [-0.39, 0.29) is 18.2 Å². The lowest BCUT2D eigenvalue weighted by Crippen LogP contribution is -2.25. The molecule has 0 bridgehead atoms. The van der Waals surface area contributed by atoms with Crippen molar-refractivity contribution in [1.82, 2.24) is 10.3 Å². The van der Waals surface area contributed by atoms with Crippen molar-refractivity contribution in [3.63, 3.8) is 0 Å². The lowest BCUT2D eigenvalue weighted by Gasteiger charge is -2.00. The number of likely N-dealkylation sites (N-methyl/N-ethyl adjacent to an activating group) is 1. The van der Waals surface area contributed by atoms with Crippen molar-refractivity contribution in [3.05, 3.63) is 41.4 Å². The Hall–Kier alpha value is -2.21. The van der Waals surface area contributed by atoms with Gasteiger partial charge in [-0.3, -0.25) is 4.79 Å². The van der Waals surface area contributed by atoms with Crippen molar-refractivity contribution in [3.8, 4) is 10.6 Å². The van der Waals surface area contributed by atoms with E-state index in [1.165, 1.54) is 18.4 Å². The molecule has 2 rings (SSSR count). The SMILES string of the molecule is CNC(=O)COC(=O)c1csc(-c2ccccc2)n1. The third kappa shape index (κ3) is 3.38. The molecule has 0 radical (unpaired) electrons. The van der Waals surface area contributed by atoms with Gasteiger partial charge in [0, 0.05) is 18.0 Å². The summed E-state index contributed by atoms with van der Waals surface area (Å²) in [6.07, 6.45) is 0. The summed E-state index contributed by atoms with van der Waals surface area (Å²) >= 11 is 1.36. The van der Waals surface area contributed by atoms with Gasteiger partial charge in [-0.05, 0) is 0 Å². The zero-order chi connectivity index (χ0) is 13.7. The minimum absolute atomic E-state index is 0.216. The number of esters is 1. The molecule has 19 heavy (non-hydrogen) atoms. The fourth-order valence-corrected chi connectivity index (χ4v) is 2.15. The van der Waals surface area contributed by atoms with Gasteiger partial charge in [-0.25, -0.2) is 9.78 Å². The normalized spacial score (nSPS) is 9.95. The first-order valence-corrected chi connectivity index (χ1v) is 6.47. The smallest absolute Gasteiger partial charge is 0.358 e. The number of ether oxygens (including phenoxy) is 1.